The van der Waals surface area contributed by atoms with Crippen molar-refractivity contribution in [3.8, 4) is 16.9 Å². The van der Waals surface area contributed by atoms with Crippen LogP contribution in [-0.4, -0.2) is 13.0 Å². The molecule has 5 heteroatoms. The van der Waals surface area contributed by atoms with Crippen molar-refractivity contribution >= 4 is 44.1 Å². The second kappa shape index (κ2) is 9.05. The number of furan rings is 1. The van der Waals surface area contributed by atoms with Crippen molar-refractivity contribution in [2.75, 3.05) is 12.4 Å². The molecular weight excluding hydrogens is 466 g/mol. The highest BCUT2D eigenvalue weighted by Crippen LogP contribution is 2.38. The van der Waals surface area contributed by atoms with E-state index in [1.165, 1.54) is 0 Å². The average molecular weight is 490 g/mol. The number of allylic oxidation sites excluding steroid dienone is 1. The maximum atomic E-state index is 12.7. The van der Waals surface area contributed by atoms with Crippen molar-refractivity contribution in [2.45, 2.75) is 20.8 Å². The lowest BCUT2D eigenvalue weighted by atomic mass is 9.99. The van der Waals surface area contributed by atoms with Crippen LogP contribution in [0.5, 0.6) is 5.75 Å². The van der Waals surface area contributed by atoms with Crippen LogP contribution in [-0.2, 0) is 4.79 Å². The Morgan fingerprint density at radius 2 is 1.81 bits per heavy atom. The molecule has 4 nitrogen and oxygen atoms in total. The molecule has 1 heterocycles. The van der Waals surface area contributed by atoms with Gasteiger partial charge in [0, 0.05) is 38.8 Å². The minimum Gasteiger partial charge on any atom is -0.496 e. The summed E-state index contributed by atoms with van der Waals surface area (Å²) in [4.78, 5) is 12.7. The van der Waals surface area contributed by atoms with Crippen LogP contribution >= 0.6 is 15.9 Å². The Labute approximate surface area is 196 Å². The minimum atomic E-state index is -0.186. The van der Waals surface area contributed by atoms with Crippen molar-refractivity contribution in [2.24, 2.45) is 0 Å². The molecule has 0 unspecified atom stereocenters. The lowest BCUT2D eigenvalue weighted by Crippen LogP contribution is -2.09. The number of halogens is 1. The maximum absolute atomic E-state index is 12.7. The van der Waals surface area contributed by atoms with Crippen LogP contribution in [0.2, 0.25) is 0 Å². The molecule has 0 radical (unpaired) electrons. The Bertz CT molecular complexity index is 1330. The number of ether oxygens (including phenoxy) is 1. The molecule has 0 fully saturated rings. The van der Waals surface area contributed by atoms with Crippen LogP contribution in [0.4, 0.5) is 5.69 Å². The Hall–Kier alpha value is -3.31. The molecule has 1 N–H and O–H groups in total. The van der Waals surface area contributed by atoms with E-state index in [4.69, 9.17) is 9.15 Å². The molecule has 4 aromatic rings. The largest absolute Gasteiger partial charge is 0.496 e. The summed E-state index contributed by atoms with van der Waals surface area (Å²) in [7, 11) is 1.62. The van der Waals surface area contributed by atoms with Gasteiger partial charge in [-0.3, -0.25) is 4.79 Å². The third-order valence-electron chi connectivity index (χ3n) is 5.29. The fraction of sp³-hybridized carbons (Fsp3) is 0.148. The molecule has 4 rings (SSSR count). The molecule has 1 amide bonds. The van der Waals surface area contributed by atoms with E-state index in [1.807, 2.05) is 69.3 Å². The number of fused-ring (bicyclic) bond motifs is 1. The van der Waals surface area contributed by atoms with E-state index in [0.29, 0.717) is 5.75 Å². The normalized spacial score (nSPS) is 11.6. The van der Waals surface area contributed by atoms with Gasteiger partial charge in [0.1, 0.15) is 11.3 Å². The monoisotopic (exact) mass is 489 g/mol. The molecule has 32 heavy (non-hydrogen) atoms. The number of aryl methyl sites for hydroxylation is 2. The highest BCUT2D eigenvalue weighted by atomic mass is 79.9. The van der Waals surface area contributed by atoms with Crippen LogP contribution in [0, 0.1) is 13.8 Å². The van der Waals surface area contributed by atoms with Crippen LogP contribution < -0.4 is 10.1 Å². The third kappa shape index (κ3) is 4.63. The van der Waals surface area contributed by atoms with Gasteiger partial charge in [-0.2, -0.15) is 0 Å². The van der Waals surface area contributed by atoms with Crippen molar-refractivity contribution in [1.29, 1.82) is 0 Å². The number of amides is 1. The van der Waals surface area contributed by atoms with E-state index >= 15 is 0 Å². The van der Waals surface area contributed by atoms with Crippen LogP contribution in [0.15, 0.2) is 75.8 Å². The zero-order chi connectivity index (χ0) is 22.8. The van der Waals surface area contributed by atoms with Gasteiger partial charge < -0.3 is 14.5 Å². The number of carbonyl (C=O) groups excluding carboxylic acids is 1. The molecule has 1 aromatic heterocycles. The van der Waals surface area contributed by atoms with E-state index in [1.54, 1.807) is 19.4 Å². The lowest BCUT2D eigenvalue weighted by Gasteiger charge is -2.11. The predicted octanol–water partition coefficient (Wildman–Crippen LogP) is 7.53. The lowest BCUT2D eigenvalue weighted by molar-refractivity contribution is -0.111. The molecule has 0 atom stereocenters. The zero-order valence-corrected chi connectivity index (χ0v) is 20.0. The first-order valence-electron chi connectivity index (χ1n) is 10.3. The van der Waals surface area contributed by atoms with Gasteiger partial charge in [0.15, 0.2) is 0 Å². The number of rotatable bonds is 5. The number of anilines is 1. The first-order chi connectivity index (χ1) is 15.3. The molecular formula is C27H24BrNO3. The van der Waals surface area contributed by atoms with Crippen LogP contribution in [0.3, 0.4) is 0 Å². The third-order valence-corrected chi connectivity index (χ3v) is 5.79. The number of methoxy groups -OCH3 is 1. The van der Waals surface area contributed by atoms with E-state index in [2.05, 4.69) is 27.3 Å². The summed E-state index contributed by atoms with van der Waals surface area (Å²) >= 11 is 3.53. The first kappa shape index (κ1) is 21.9. The van der Waals surface area contributed by atoms with Gasteiger partial charge in [0.05, 0.1) is 13.4 Å². The van der Waals surface area contributed by atoms with Gasteiger partial charge in [0.25, 0.3) is 0 Å². The fourth-order valence-electron chi connectivity index (χ4n) is 3.91. The van der Waals surface area contributed by atoms with E-state index in [9.17, 15) is 4.79 Å². The summed E-state index contributed by atoms with van der Waals surface area (Å²) in [6.45, 7) is 5.93. The first-order valence-corrected chi connectivity index (χ1v) is 11.1. The Morgan fingerprint density at radius 1 is 1.06 bits per heavy atom. The summed E-state index contributed by atoms with van der Waals surface area (Å²) in [6, 6.07) is 17.9. The van der Waals surface area contributed by atoms with Gasteiger partial charge in [-0.1, -0.05) is 34.1 Å². The van der Waals surface area contributed by atoms with Crippen LogP contribution in [0.25, 0.3) is 27.7 Å². The summed E-state index contributed by atoms with van der Waals surface area (Å²) in [5.74, 6) is 0.467. The quantitative estimate of drug-likeness (QED) is 0.294. The van der Waals surface area contributed by atoms with Crippen molar-refractivity contribution < 1.29 is 13.9 Å². The highest BCUT2D eigenvalue weighted by molar-refractivity contribution is 9.10. The van der Waals surface area contributed by atoms with E-state index < -0.39 is 0 Å². The van der Waals surface area contributed by atoms with Gasteiger partial charge in [0.2, 0.25) is 5.91 Å². The number of carbonyl (C=O) groups is 1. The smallest absolute Gasteiger partial charge is 0.248 e. The summed E-state index contributed by atoms with van der Waals surface area (Å²) in [5.41, 5.74) is 7.39. The van der Waals surface area contributed by atoms with Crippen molar-refractivity contribution in [1.82, 2.24) is 0 Å². The number of benzene rings is 3. The summed E-state index contributed by atoms with van der Waals surface area (Å²) in [5, 5.41) is 3.92. The van der Waals surface area contributed by atoms with Gasteiger partial charge >= 0.3 is 0 Å². The zero-order valence-electron chi connectivity index (χ0n) is 18.5. The minimum absolute atomic E-state index is 0.186. The van der Waals surface area contributed by atoms with Gasteiger partial charge in [-0.15, -0.1) is 0 Å². The maximum Gasteiger partial charge on any atom is 0.248 e. The number of nitrogens with one attached hydrogen (secondary N) is 1. The van der Waals surface area contributed by atoms with E-state index in [-0.39, 0.29) is 5.91 Å². The van der Waals surface area contributed by atoms with Gasteiger partial charge in [-0.05, 0) is 73.4 Å². The standard InChI is InChI=1S/C27H24BrNO3/c1-16-8-17(2)10-21(9-16)29-27(30)11-18(3)22-13-23-24(19-6-5-7-20(28)12-19)15-32-26(23)14-25(22)31-4/h5-15H,1-4H3,(H,29,30)/b18-11+. The second-order valence-corrected chi connectivity index (χ2v) is 8.82. The highest BCUT2D eigenvalue weighted by Gasteiger charge is 2.15. The molecule has 0 saturated heterocycles. The number of hydrogen-bond donors (Lipinski definition) is 1. The Morgan fingerprint density at radius 3 is 2.50 bits per heavy atom. The fourth-order valence-corrected chi connectivity index (χ4v) is 4.31. The molecule has 3 aromatic carbocycles. The second-order valence-electron chi connectivity index (χ2n) is 7.90. The van der Waals surface area contributed by atoms with Crippen molar-refractivity contribution in [3.63, 3.8) is 0 Å². The summed E-state index contributed by atoms with van der Waals surface area (Å²) in [6.07, 6.45) is 3.35. The van der Waals surface area contributed by atoms with Gasteiger partial charge in [-0.25, -0.2) is 0 Å². The van der Waals surface area contributed by atoms with E-state index in [0.717, 1.165) is 54.5 Å². The van der Waals surface area contributed by atoms with Crippen molar-refractivity contribution in [3.05, 3.63) is 88.1 Å². The SMILES string of the molecule is COc1cc2occ(-c3cccc(Br)c3)c2cc1/C(C)=C/C(=O)Nc1cc(C)cc(C)c1. The molecule has 0 spiro atoms. The summed E-state index contributed by atoms with van der Waals surface area (Å²) < 4.78 is 12.4. The topological polar surface area (TPSA) is 51.5 Å². The van der Waals surface area contributed by atoms with Crippen LogP contribution in [0.1, 0.15) is 23.6 Å². The Balaban J connectivity index is 1.71. The predicted molar refractivity (Wildman–Crippen MR) is 134 cm³/mol. The Kier molecular flexibility index (Phi) is 6.19. The molecule has 0 aliphatic heterocycles. The molecule has 0 bridgehead atoms. The molecule has 0 aliphatic rings. The number of hydrogen-bond acceptors (Lipinski definition) is 3. The molecule has 162 valence electrons. The molecule has 0 aliphatic carbocycles. The average Bonchev–Trinajstić information content (AvgIpc) is 3.14. The molecule has 0 saturated carbocycles.